The monoisotopic (exact) mass is 353 g/mol. The van der Waals surface area contributed by atoms with Crippen molar-refractivity contribution in [3.8, 4) is 0 Å². The van der Waals surface area contributed by atoms with E-state index in [0.717, 1.165) is 16.8 Å². The number of carbonyl (C=O) groups excluding carboxylic acids is 2. The second-order valence-corrected chi connectivity index (χ2v) is 6.57. The van der Waals surface area contributed by atoms with Gasteiger partial charge in [0.25, 0.3) is 0 Å². The van der Waals surface area contributed by atoms with Crippen LogP contribution in [-0.4, -0.2) is 32.5 Å². The van der Waals surface area contributed by atoms with Crippen LogP contribution in [-0.2, 0) is 14.3 Å². The Morgan fingerprint density at radius 2 is 1.96 bits per heavy atom. The standard InChI is InChI=1S/C21H23NO4/c1-4-25-21(24)20-17(19-6-5-11-26-19)12-15(13-18(20)23)14-7-9-16(10-8-14)22(2)3/h5-11,13,17,20H,4,12H2,1-3H3. The number of furan rings is 1. The van der Waals surface area contributed by atoms with Crippen molar-refractivity contribution >= 4 is 23.0 Å². The number of benzene rings is 1. The van der Waals surface area contributed by atoms with Crippen LogP contribution < -0.4 is 4.90 Å². The van der Waals surface area contributed by atoms with Crippen LogP contribution >= 0.6 is 0 Å². The molecule has 1 aliphatic carbocycles. The maximum absolute atomic E-state index is 12.7. The first-order chi connectivity index (χ1) is 12.5. The molecule has 26 heavy (non-hydrogen) atoms. The molecule has 0 N–H and O–H groups in total. The van der Waals surface area contributed by atoms with E-state index in [1.807, 2.05) is 49.3 Å². The number of esters is 1. The molecule has 5 heteroatoms. The lowest BCUT2D eigenvalue weighted by atomic mass is 9.76. The first kappa shape index (κ1) is 18.0. The summed E-state index contributed by atoms with van der Waals surface area (Å²) in [5, 5.41) is 0. The molecule has 2 aromatic rings. The van der Waals surface area contributed by atoms with Gasteiger partial charge in [0.1, 0.15) is 11.7 Å². The highest BCUT2D eigenvalue weighted by Gasteiger charge is 2.41. The Morgan fingerprint density at radius 1 is 1.23 bits per heavy atom. The van der Waals surface area contributed by atoms with Crippen LogP contribution in [0.3, 0.4) is 0 Å². The van der Waals surface area contributed by atoms with Gasteiger partial charge in [-0.25, -0.2) is 0 Å². The highest BCUT2D eigenvalue weighted by Crippen LogP contribution is 2.40. The lowest BCUT2D eigenvalue weighted by Crippen LogP contribution is -2.33. The Kier molecular flexibility index (Phi) is 5.26. The van der Waals surface area contributed by atoms with Crippen LogP contribution in [0.4, 0.5) is 5.69 Å². The molecule has 1 aliphatic rings. The molecule has 0 fully saturated rings. The molecule has 0 saturated heterocycles. The van der Waals surface area contributed by atoms with Crippen LogP contribution in [0.1, 0.15) is 30.6 Å². The summed E-state index contributed by atoms with van der Waals surface area (Å²) in [7, 11) is 3.96. The van der Waals surface area contributed by atoms with Gasteiger partial charge in [0.2, 0.25) is 0 Å². The number of ether oxygens (including phenoxy) is 1. The third kappa shape index (κ3) is 3.57. The fourth-order valence-corrected chi connectivity index (χ4v) is 3.33. The zero-order valence-corrected chi connectivity index (χ0v) is 15.3. The second kappa shape index (κ2) is 7.60. The summed E-state index contributed by atoms with van der Waals surface area (Å²) in [5.74, 6) is -1.30. The zero-order chi connectivity index (χ0) is 18.7. The fourth-order valence-electron chi connectivity index (χ4n) is 3.33. The van der Waals surface area contributed by atoms with Gasteiger partial charge in [-0.1, -0.05) is 12.1 Å². The lowest BCUT2D eigenvalue weighted by molar-refractivity contribution is -0.151. The van der Waals surface area contributed by atoms with Crippen LogP contribution in [0.15, 0.2) is 53.2 Å². The van der Waals surface area contributed by atoms with Crippen LogP contribution in [0.25, 0.3) is 5.57 Å². The number of ketones is 1. The molecule has 0 spiro atoms. The fraction of sp³-hybridized carbons (Fsp3) is 0.333. The Labute approximate surface area is 153 Å². The number of hydrogen-bond donors (Lipinski definition) is 0. The average molecular weight is 353 g/mol. The first-order valence-corrected chi connectivity index (χ1v) is 8.73. The molecule has 0 saturated carbocycles. The molecule has 3 rings (SSSR count). The molecule has 1 aromatic carbocycles. The van der Waals surface area contributed by atoms with E-state index in [1.54, 1.807) is 25.3 Å². The predicted molar refractivity (Wildman–Crippen MR) is 99.9 cm³/mol. The minimum atomic E-state index is -0.856. The first-order valence-electron chi connectivity index (χ1n) is 8.73. The third-order valence-electron chi connectivity index (χ3n) is 4.67. The summed E-state index contributed by atoms with van der Waals surface area (Å²) in [5.41, 5.74) is 2.97. The number of carbonyl (C=O) groups is 2. The summed E-state index contributed by atoms with van der Waals surface area (Å²) in [6.45, 7) is 1.98. The highest BCUT2D eigenvalue weighted by molar-refractivity contribution is 6.10. The van der Waals surface area contributed by atoms with Gasteiger partial charge < -0.3 is 14.1 Å². The highest BCUT2D eigenvalue weighted by atomic mass is 16.5. The molecule has 136 valence electrons. The molecule has 0 radical (unpaired) electrons. The molecule has 2 unspecified atom stereocenters. The van der Waals surface area contributed by atoms with Crippen LogP contribution in [0.5, 0.6) is 0 Å². The van der Waals surface area contributed by atoms with Gasteiger partial charge in [0.05, 0.1) is 12.9 Å². The number of nitrogens with zero attached hydrogens (tertiary/aromatic N) is 1. The number of rotatable bonds is 5. The van der Waals surface area contributed by atoms with E-state index in [2.05, 4.69) is 0 Å². The third-order valence-corrected chi connectivity index (χ3v) is 4.67. The van der Waals surface area contributed by atoms with Gasteiger partial charge in [0.15, 0.2) is 5.78 Å². The van der Waals surface area contributed by atoms with Gasteiger partial charge in [0, 0.05) is 25.7 Å². The van der Waals surface area contributed by atoms with E-state index < -0.39 is 11.9 Å². The van der Waals surface area contributed by atoms with Crippen molar-refractivity contribution in [2.75, 3.05) is 25.6 Å². The summed E-state index contributed by atoms with van der Waals surface area (Å²) in [6, 6.07) is 11.6. The van der Waals surface area contributed by atoms with E-state index in [9.17, 15) is 9.59 Å². The normalized spacial score (nSPS) is 19.8. The van der Waals surface area contributed by atoms with Crippen molar-refractivity contribution in [2.24, 2.45) is 5.92 Å². The summed E-state index contributed by atoms with van der Waals surface area (Å²) < 4.78 is 10.6. The number of allylic oxidation sites excluding steroid dienone is 2. The zero-order valence-electron chi connectivity index (χ0n) is 15.3. The van der Waals surface area contributed by atoms with E-state index in [1.165, 1.54) is 0 Å². The Morgan fingerprint density at radius 3 is 2.54 bits per heavy atom. The smallest absolute Gasteiger partial charge is 0.317 e. The van der Waals surface area contributed by atoms with Crippen LogP contribution in [0.2, 0.25) is 0 Å². The van der Waals surface area contributed by atoms with Crippen molar-refractivity contribution < 1.29 is 18.7 Å². The maximum atomic E-state index is 12.7. The minimum Gasteiger partial charge on any atom is -0.469 e. The quantitative estimate of drug-likeness (QED) is 0.606. The SMILES string of the molecule is CCOC(=O)C1C(=O)C=C(c2ccc(N(C)C)cc2)CC1c1ccco1. The van der Waals surface area contributed by atoms with Crippen LogP contribution in [0, 0.1) is 5.92 Å². The predicted octanol–water partition coefficient (Wildman–Crippen LogP) is 3.66. The Bertz CT molecular complexity index is 803. The van der Waals surface area contributed by atoms with Gasteiger partial charge in [-0.15, -0.1) is 0 Å². The van der Waals surface area contributed by atoms with E-state index in [-0.39, 0.29) is 18.3 Å². The minimum absolute atomic E-state index is 0.234. The molecule has 1 heterocycles. The van der Waals surface area contributed by atoms with Gasteiger partial charge in [-0.3, -0.25) is 9.59 Å². The van der Waals surface area contributed by atoms with Crippen molar-refractivity contribution in [1.29, 1.82) is 0 Å². The Hall–Kier alpha value is -2.82. The lowest BCUT2D eigenvalue weighted by Gasteiger charge is -2.27. The summed E-state index contributed by atoms with van der Waals surface area (Å²) >= 11 is 0. The topological polar surface area (TPSA) is 59.8 Å². The molecule has 0 bridgehead atoms. The summed E-state index contributed by atoms with van der Waals surface area (Å²) in [4.78, 5) is 27.1. The van der Waals surface area contributed by atoms with Gasteiger partial charge >= 0.3 is 5.97 Å². The number of hydrogen-bond acceptors (Lipinski definition) is 5. The van der Waals surface area contributed by atoms with Crippen molar-refractivity contribution in [2.45, 2.75) is 19.3 Å². The summed E-state index contributed by atoms with van der Waals surface area (Å²) in [6.07, 6.45) is 3.68. The molecule has 1 aromatic heterocycles. The van der Waals surface area contributed by atoms with Gasteiger partial charge in [-0.05, 0) is 54.8 Å². The van der Waals surface area contributed by atoms with Gasteiger partial charge in [-0.2, -0.15) is 0 Å². The molecule has 0 aliphatic heterocycles. The van der Waals surface area contributed by atoms with E-state index in [0.29, 0.717) is 12.2 Å². The molecule has 5 nitrogen and oxygen atoms in total. The van der Waals surface area contributed by atoms with Crippen molar-refractivity contribution in [1.82, 2.24) is 0 Å². The molecular formula is C21H23NO4. The average Bonchev–Trinajstić information content (AvgIpc) is 3.15. The Balaban J connectivity index is 1.95. The maximum Gasteiger partial charge on any atom is 0.317 e. The van der Waals surface area contributed by atoms with Crippen molar-refractivity contribution in [3.63, 3.8) is 0 Å². The molecular weight excluding hydrogens is 330 g/mol. The second-order valence-electron chi connectivity index (χ2n) is 6.57. The largest absolute Gasteiger partial charge is 0.469 e. The molecule has 0 amide bonds. The molecule has 2 atom stereocenters. The van der Waals surface area contributed by atoms with E-state index in [4.69, 9.17) is 9.15 Å². The number of anilines is 1. The van der Waals surface area contributed by atoms with Crippen molar-refractivity contribution in [3.05, 3.63) is 60.1 Å². The van der Waals surface area contributed by atoms with E-state index >= 15 is 0 Å².